The van der Waals surface area contributed by atoms with Crippen LogP contribution in [-0.4, -0.2) is 29.4 Å². The third-order valence-corrected chi connectivity index (χ3v) is 4.80. The van der Waals surface area contributed by atoms with Gasteiger partial charge in [0.1, 0.15) is 0 Å². The molecule has 2 fully saturated rings. The summed E-state index contributed by atoms with van der Waals surface area (Å²) in [5, 5.41) is 0. The molecule has 3 nitrogen and oxygen atoms in total. The molecule has 0 aromatic carbocycles. The second-order valence-electron chi connectivity index (χ2n) is 6.94. The lowest BCUT2D eigenvalue weighted by Gasteiger charge is -2.32. The Labute approximate surface area is 117 Å². The largest absolute Gasteiger partial charge is 0.339 e. The summed E-state index contributed by atoms with van der Waals surface area (Å²) >= 11 is 0. The highest BCUT2D eigenvalue weighted by atomic mass is 16.2. The van der Waals surface area contributed by atoms with E-state index in [0.29, 0.717) is 30.2 Å². The first-order chi connectivity index (χ1) is 9.08. The lowest BCUT2D eigenvalue weighted by Crippen LogP contribution is -2.43. The molecule has 3 heteroatoms. The van der Waals surface area contributed by atoms with E-state index in [4.69, 9.17) is 5.73 Å². The molecule has 2 aliphatic carbocycles. The molecule has 19 heavy (non-hydrogen) atoms. The Bertz CT molecular complexity index is 297. The highest BCUT2D eigenvalue weighted by molar-refractivity contribution is 5.77. The third-order valence-electron chi connectivity index (χ3n) is 4.80. The van der Waals surface area contributed by atoms with Crippen LogP contribution >= 0.6 is 0 Å². The van der Waals surface area contributed by atoms with Gasteiger partial charge in [0.05, 0.1) is 0 Å². The van der Waals surface area contributed by atoms with Gasteiger partial charge in [-0.05, 0) is 37.5 Å². The highest BCUT2D eigenvalue weighted by Gasteiger charge is 2.31. The van der Waals surface area contributed by atoms with Crippen LogP contribution in [0.4, 0.5) is 0 Å². The lowest BCUT2D eigenvalue weighted by atomic mass is 9.98. The topological polar surface area (TPSA) is 46.3 Å². The Morgan fingerprint density at radius 1 is 1.16 bits per heavy atom. The third kappa shape index (κ3) is 3.95. The first-order valence-corrected chi connectivity index (χ1v) is 8.13. The van der Waals surface area contributed by atoms with Crippen molar-refractivity contribution >= 4 is 5.91 Å². The van der Waals surface area contributed by atoms with Gasteiger partial charge in [0.15, 0.2) is 0 Å². The lowest BCUT2D eigenvalue weighted by molar-refractivity contribution is -0.135. The summed E-state index contributed by atoms with van der Waals surface area (Å²) < 4.78 is 0. The van der Waals surface area contributed by atoms with E-state index in [1.165, 1.54) is 32.1 Å². The van der Waals surface area contributed by atoms with Crippen LogP contribution in [0.2, 0.25) is 0 Å². The average molecular weight is 266 g/mol. The zero-order valence-corrected chi connectivity index (χ0v) is 12.6. The molecular formula is C16H30N2O. The molecule has 0 aliphatic heterocycles. The second-order valence-corrected chi connectivity index (χ2v) is 6.94. The van der Waals surface area contributed by atoms with Gasteiger partial charge in [0.25, 0.3) is 0 Å². The van der Waals surface area contributed by atoms with E-state index in [2.05, 4.69) is 18.7 Å². The van der Waals surface area contributed by atoms with E-state index < -0.39 is 0 Å². The van der Waals surface area contributed by atoms with E-state index in [-0.39, 0.29) is 6.04 Å². The molecule has 0 unspecified atom stereocenters. The number of amides is 1. The van der Waals surface area contributed by atoms with Crippen LogP contribution in [0.1, 0.15) is 65.2 Å². The standard InChI is InChI=1S/C16H30N2O/c1-12(2)11-18(14-7-3-4-8-14)16(19)10-13-6-5-9-15(13)17/h12-15H,3-11,17H2,1-2H3/t13-,15+/m0/s1. The maximum absolute atomic E-state index is 12.6. The summed E-state index contributed by atoms with van der Waals surface area (Å²) in [4.78, 5) is 14.8. The summed E-state index contributed by atoms with van der Waals surface area (Å²) in [6.45, 7) is 5.33. The van der Waals surface area contributed by atoms with Crippen LogP contribution in [0.3, 0.4) is 0 Å². The molecule has 0 spiro atoms. The fourth-order valence-corrected chi connectivity index (χ4v) is 3.72. The SMILES string of the molecule is CC(C)CN(C(=O)C[C@@H]1CCC[C@H]1N)C1CCCC1. The van der Waals surface area contributed by atoms with Crippen LogP contribution in [0.15, 0.2) is 0 Å². The maximum atomic E-state index is 12.6. The molecule has 0 saturated heterocycles. The van der Waals surface area contributed by atoms with Crippen LogP contribution in [0.5, 0.6) is 0 Å². The van der Waals surface area contributed by atoms with Crippen LogP contribution in [-0.2, 0) is 4.79 Å². The molecule has 2 aliphatic rings. The maximum Gasteiger partial charge on any atom is 0.223 e. The Kier molecular flexibility index (Phi) is 5.26. The average Bonchev–Trinajstić information content (AvgIpc) is 2.98. The van der Waals surface area contributed by atoms with Gasteiger partial charge in [-0.3, -0.25) is 4.79 Å². The number of hydrogen-bond donors (Lipinski definition) is 1. The predicted molar refractivity (Wildman–Crippen MR) is 78.7 cm³/mol. The van der Waals surface area contributed by atoms with Gasteiger partial charge in [0.2, 0.25) is 5.91 Å². The Morgan fingerprint density at radius 3 is 2.37 bits per heavy atom. The van der Waals surface area contributed by atoms with Crippen molar-refractivity contribution in [2.75, 3.05) is 6.54 Å². The fraction of sp³-hybridized carbons (Fsp3) is 0.938. The Hall–Kier alpha value is -0.570. The minimum absolute atomic E-state index is 0.258. The van der Waals surface area contributed by atoms with Crippen molar-refractivity contribution in [3.8, 4) is 0 Å². The summed E-state index contributed by atoms with van der Waals surface area (Å²) in [5.41, 5.74) is 6.11. The molecule has 0 aromatic heterocycles. The van der Waals surface area contributed by atoms with Crippen LogP contribution < -0.4 is 5.73 Å². The summed E-state index contributed by atoms with van der Waals surface area (Å²) in [6, 6.07) is 0.765. The normalized spacial score (nSPS) is 28.2. The molecule has 2 saturated carbocycles. The van der Waals surface area contributed by atoms with Gasteiger partial charge in [-0.25, -0.2) is 0 Å². The zero-order valence-electron chi connectivity index (χ0n) is 12.6. The van der Waals surface area contributed by atoms with Crippen molar-refractivity contribution in [3.05, 3.63) is 0 Å². The first kappa shape index (κ1) is 14.8. The van der Waals surface area contributed by atoms with Gasteiger partial charge in [-0.1, -0.05) is 33.1 Å². The van der Waals surface area contributed by atoms with E-state index >= 15 is 0 Å². The number of carbonyl (C=O) groups is 1. The molecule has 0 radical (unpaired) electrons. The fourth-order valence-electron chi connectivity index (χ4n) is 3.72. The van der Waals surface area contributed by atoms with Gasteiger partial charge < -0.3 is 10.6 Å². The molecule has 0 heterocycles. The second kappa shape index (κ2) is 6.74. The number of hydrogen-bond acceptors (Lipinski definition) is 2. The number of rotatable bonds is 5. The van der Waals surface area contributed by atoms with E-state index in [1.807, 2.05) is 0 Å². The minimum Gasteiger partial charge on any atom is -0.339 e. The number of carbonyl (C=O) groups excluding carboxylic acids is 1. The summed E-state index contributed by atoms with van der Waals surface area (Å²) in [7, 11) is 0. The van der Waals surface area contributed by atoms with E-state index in [1.54, 1.807) is 0 Å². The summed E-state index contributed by atoms with van der Waals surface area (Å²) in [5.74, 6) is 1.35. The number of nitrogens with zero attached hydrogens (tertiary/aromatic N) is 1. The highest BCUT2D eigenvalue weighted by Crippen LogP contribution is 2.30. The minimum atomic E-state index is 0.258. The molecule has 0 aromatic rings. The van der Waals surface area contributed by atoms with Crippen molar-refractivity contribution in [1.29, 1.82) is 0 Å². The Balaban J connectivity index is 1.94. The Morgan fingerprint density at radius 2 is 1.84 bits per heavy atom. The van der Waals surface area contributed by atoms with E-state index in [0.717, 1.165) is 19.4 Å². The smallest absolute Gasteiger partial charge is 0.223 e. The summed E-state index contributed by atoms with van der Waals surface area (Å²) in [6.07, 6.45) is 9.12. The first-order valence-electron chi connectivity index (χ1n) is 8.13. The molecule has 110 valence electrons. The molecule has 2 N–H and O–H groups in total. The van der Waals surface area contributed by atoms with Crippen molar-refractivity contribution in [2.24, 2.45) is 17.6 Å². The van der Waals surface area contributed by atoms with Gasteiger partial charge in [-0.2, -0.15) is 0 Å². The van der Waals surface area contributed by atoms with E-state index in [9.17, 15) is 4.79 Å². The van der Waals surface area contributed by atoms with Crippen LogP contribution in [0.25, 0.3) is 0 Å². The van der Waals surface area contributed by atoms with Gasteiger partial charge in [0, 0.05) is 25.0 Å². The van der Waals surface area contributed by atoms with Gasteiger partial charge in [-0.15, -0.1) is 0 Å². The van der Waals surface area contributed by atoms with Crippen molar-refractivity contribution in [3.63, 3.8) is 0 Å². The van der Waals surface area contributed by atoms with Crippen molar-refractivity contribution in [1.82, 2.24) is 4.90 Å². The monoisotopic (exact) mass is 266 g/mol. The van der Waals surface area contributed by atoms with Crippen molar-refractivity contribution in [2.45, 2.75) is 77.3 Å². The molecule has 0 bridgehead atoms. The quantitative estimate of drug-likeness (QED) is 0.831. The number of nitrogens with two attached hydrogens (primary N) is 1. The van der Waals surface area contributed by atoms with Crippen molar-refractivity contribution < 1.29 is 4.79 Å². The molecule has 2 atom stereocenters. The molecular weight excluding hydrogens is 236 g/mol. The predicted octanol–water partition coefficient (Wildman–Crippen LogP) is 2.93. The van der Waals surface area contributed by atoms with Crippen LogP contribution in [0, 0.1) is 11.8 Å². The zero-order chi connectivity index (χ0) is 13.8. The molecule has 1 amide bonds. The molecule has 2 rings (SSSR count). The van der Waals surface area contributed by atoms with Gasteiger partial charge >= 0.3 is 0 Å².